The van der Waals surface area contributed by atoms with Crippen LogP contribution in [0, 0.1) is 12.8 Å². The van der Waals surface area contributed by atoms with E-state index in [4.69, 9.17) is 11.6 Å². The van der Waals surface area contributed by atoms with Gasteiger partial charge in [-0.05, 0) is 31.0 Å². The average Bonchev–Trinajstić information content (AvgIpc) is 2.48. The lowest BCUT2D eigenvalue weighted by molar-refractivity contribution is -0.135. The van der Waals surface area contributed by atoms with Gasteiger partial charge in [-0.3, -0.25) is 4.79 Å². The lowest BCUT2D eigenvalue weighted by Gasteiger charge is -2.37. The van der Waals surface area contributed by atoms with Crippen LogP contribution in [0.4, 0.5) is 5.69 Å². The van der Waals surface area contributed by atoms with Gasteiger partial charge in [0.2, 0.25) is 5.91 Å². The van der Waals surface area contributed by atoms with E-state index < -0.39 is 0 Å². The number of hydrogen-bond donors (Lipinski definition) is 0. The molecule has 1 aliphatic rings. The van der Waals surface area contributed by atoms with Gasteiger partial charge in [0.25, 0.3) is 0 Å². The minimum Gasteiger partial charge on any atom is -0.368 e. The Hall–Kier alpha value is -1.22. The quantitative estimate of drug-likeness (QED) is 0.853. The molecular weight excluding hydrogens is 272 g/mol. The van der Waals surface area contributed by atoms with Crippen molar-refractivity contribution in [3.05, 3.63) is 28.8 Å². The van der Waals surface area contributed by atoms with Crippen molar-refractivity contribution in [2.24, 2.45) is 5.92 Å². The molecule has 1 aliphatic heterocycles. The first kappa shape index (κ1) is 15.2. The van der Waals surface area contributed by atoms with Gasteiger partial charge in [-0.15, -0.1) is 0 Å². The second kappa shape index (κ2) is 6.49. The second-order valence-electron chi connectivity index (χ2n) is 5.55. The van der Waals surface area contributed by atoms with E-state index in [1.807, 2.05) is 30.0 Å². The molecule has 0 spiro atoms. The minimum absolute atomic E-state index is 0.134. The summed E-state index contributed by atoms with van der Waals surface area (Å²) in [4.78, 5) is 16.5. The highest BCUT2D eigenvalue weighted by molar-refractivity contribution is 6.30. The van der Waals surface area contributed by atoms with Crippen LogP contribution in [0.2, 0.25) is 5.02 Å². The number of rotatable bonds is 3. The molecule has 0 aliphatic carbocycles. The maximum absolute atomic E-state index is 12.2. The van der Waals surface area contributed by atoms with E-state index in [0.717, 1.165) is 37.6 Å². The molecule has 110 valence electrons. The van der Waals surface area contributed by atoms with Crippen LogP contribution in [0.25, 0.3) is 0 Å². The third kappa shape index (κ3) is 3.26. The van der Waals surface area contributed by atoms with Crippen LogP contribution in [-0.2, 0) is 4.79 Å². The van der Waals surface area contributed by atoms with Gasteiger partial charge in [-0.2, -0.15) is 0 Å². The lowest BCUT2D eigenvalue weighted by Crippen LogP contribution is -2.50. The first-order chi connectivity index (χ1) is 9.52. The van der Waals surface area contributed by atoms with Crippen LogP contribution in [0.3, 0.4) is 0 Å². The molecule has 1 atom stereocenters. The fourth-order valence-electron chi connectivity index (χ4n) is 2.58. The van der Waals surface area contributed by atoms with Crippen LogP contribution in [-0.4, -0.2) is 37.0 Å². The molecular formula is C16H23ClN2O. The number of nitrogens with zero attached hydrogens (tertiary/aromatic N) is 2. The highest BCUT2D eigenvalue weighted by Gasteiger charge is 2.24. The second-order valence-corrected chi connectivity index (χ2v) is 5.99. The zero-order valence-corrected chi connectivity index (χ0v) is 13.3. The number of halogens is 1. The third-order valence-electron chi connectivity index (χ3n) is 4.14. The zero-order valence-electron chi connectivity index (χ0n) is 12.5. The Kier molecular flexibility index (Phi) is 4.92. The third-order valence-corrected chi connectivity index (χ3v) is 4.37. The molecule has 0 saturated carbocycles. The number of hydrogen-bond acceptors (Lipinski definition) is 2. The molecule has 2 rings (SSSR count). The van der Waals surface area contributed by atoms with Crippen molar-refractivity contribution in [1.29, 1.82) is 0 Å². The van der Waals surface area contributed by atoms with Crippen molar-refractivity contribution >= 4 is 23.2 Å². The lowest BCUT2D eigenvalue weighted by atomic mass is 10.1. The fraction of sp³-hybridized carbons (Fsp3) is 0.562. The molecule has 1 amide bonds. The van der Waals surface area contributed by atoms with E-state index in [1.54, 1.807) is 0 Å². The van der Waals surface area contributed by atoms with Crippen molar-refractivity contribution in [3.63, 3.8) is 0 Å². The molecule has 1 heterocycles. The summed E-state index contributed by atoms with van der Waals surface area (Å²) in [6, 6.07) is 5.99. The van der Waals surface area contributed by atoms with Crippen molar-refractivity contribution in [1.82, 2.24) is 4.90 Å². The molecule has 1 fully saturated rings. The standard InChI is InChI=1S/C16H23ClN2O/c1-4-12(2)16(20)19-9-7-18(8-10-19)15-11-14(17)6-5-13(15)3/h5-6,11-12H,4,7-10H2,1-3H3. The van der Waals surface area contributed by atoms with Gasteiger partial charge in [0.15, 0.2) is 0 Å². The first-order valence-electron chi connectivity index (χ1n) is 7.32. The van der Waals surface area contributed by atoms with Gasteiger partial charge in [0.1, 0.15) is 0 Å². The molecule has 1 saturated heterocycles. The minimum atomic E-state index is 0.134. The van der Waals surface area contributed by atoms with Gasteiger partial charge in [0, 0.05) is 42.8 Å². The monoisotopic (exact) mass is 294 g/mol. The van der Waals surface area contributed by atoms with Crippen molar-refractivity contribution in [2.45, 2.75) is 27.2 Å². The summed E-state index contributed by atoms with van der Waals surface area (Å²) in [6.45, 7) is 9.53. The van der Waals surface area contributed by atoms with E-state index in [2.05, 4.69) is 18.7 Å². The number of piperazine rings is 1. The normalized spacial score (nSPS) is 17.2. The van der Waals surface area contributed by atoms with E-state index in [-0.39, 0.29) is 11.8 Å². The van der Waals surface area contributed by atoms with Crippen LogP contribution < -0.4 is 4.90 Å². The van der Waals surface area contributed by atoms with Crippen LogP contribution in [0.5, 0.6) is 0 Å². The Bertz CT molecular complexity index is 481. The summed E-state index contributed by atoms with van der Waals surface area (Å²) in [5.74, 6) is 0.421. The number of anilines is 1. The summed E-state index contributed by atoms with van der Waals surface area (Å²) >= 11 is 6.08. The summed E-state index contributed by atoms with van der Waals surface area (Å²) in [5.41, 5.74) is 2.42. The fourth-order valence-corrected chi connectivity index (χ4v) is 2.74. The van der Waals surface area contributed by atoms with E-state index in [9.17, 15) is 4.79 Å². The number of benzene rings is 1. The van der Waals surface area contributed by atoms with Crippen molar-refractivity contribution in [3.8, 4) is 0 Å². The smallest absolute Gasteiger partial charge is 0.225 e. The molecule has 0 N–H and O–H groups in total. The first-order valence-corrected chi connectivity index (χ1v) is 7.70. The predicted octanol–water partition coefficient (Wildman–Crippen LogP) is 3.34. The largest absolute Gasteiger partial charge is 0.368 e. The molecule has 0 bridgehead atoms. The molecule has 4 heteroatoms. The average molecular weight is 295 g/mol. The highest BCUT2D eigenvalue weighted by Crippen LogP contribution is 2.25. The van der Waals surface area contributed by atoms with Gasteiger partial charge in [-0.25, -0.2) is 0 Å². The summed E-state index contributed by atoms with van der Waals surface area (Å²) in [7, 11) is 0. The zero-order chi connectivity index (χ0) is 14.7. The van der Waals surface area contributed by atoms with Gasteiger partial charge in [-0.1, -0.05) is 31.5 Å². The van der Waals surface area contributed by atoms with Crippen molar-refractivity contribution < 1.29 is 4.79 Å². The summed E-state index contributed by atoms with van der Waals surface area (Å²) < 4.78 is 0. The SMILES string of the molecule is CCC(C)C(=O)N1CCN(c2cc(Cl)ccc2C)CC1. The van der Waals surface area contributed by atoms with Crippen LogP contribution in [0.15, 0.2) is 18.2 Å². The molecule has 3 nitrogen and oxygen atoms in total. The Labute approximate surface area is 126 Å². The number of carbonyl (C=O) groups is 1. The molecule has 20 heavy (non-hydrogen) atoms. The molecule has 1 aromatic rings. The number of aryl methyl sites for hydroxylation is 1. The van der Waals surface area contributed by atoms with Gasteiger partial charge < -0.3 is 9.80 Å². The van der Waals surface area contributed by atoms with Gasteiger partial charge >= 0.3 is 0 Å². The molecule has 1 unspecified atom stereocenters. The Morgan fingerprint density at radius 3 is 2.55 bits per heavy atom. The number of carbonyl (C=O) groups excluding carboxylic acids is 1. The van der Waals surface area contributed by atoms with E-state index in [0.29, 0.717) is 0 Å². The predicted molar refractivity (Wildman–Crippen MR) is 84.4 cm³/mol. The van der Waals surface area contributed by atoms with Gasteiger partial charge in [0.05, 0.1) is 0 Å². The van der Waals surface area contributed by atoms with E-state index >= 15 is 0 Å². The molecule has 0 radical (unpaired) electrons. The topological polar surface area (TPSA) is 23.6 Å². The molecule has 0 aromatic heterocycles. The molecule has 1 aromatic carbocycles. The summed E-state index contributed by atoms with van der Waals surface area (Å²) in [6.07, 6.45) is 0.909. The van der Waals surface area contributed by atoms with E-state index in [1.165, 1.54) is 11.3 Å². The van der Waals surface area contributed by atoms with Crippen molar-refractivity contribution in [2.75, 3.05) is 31.1 Å². The maximum Gasteiger partial charge on any atom is 0.225 e. The Morgan fingerprint density at radius 2 is 1.95 bits per heavy atom. The van der Waals surface area contributed by atoms with Crippen LogP contribution >= 0.6 is 11.6 Å². The number of amides is 1. The van der Waals surface area contributed by atoms with Crippen LogP contribution in [0.1, 0.15) is 25.8 Å². The summed E-state index contributed by atoms with van der Waals surface area (Å²) in [5, 5.41) is 0.767. The Morgan fingerprint density at radius 1 is 1.30 bits per heavy atom. The highest BCUT2D eigenvalue weighted by atomic mass is 35.5. The maximum atomic E-state index is 12.2. The Balaban J connectivity index is 2.01.